The molecule has 0 radical (unpaired) electrons. The molecular weight excluding hydrogens is 560 g/mol. The van der Waals surface area contributed by atoms with Crippen molar-refractivity contribution >= 4 is 11.0 Å². The predicted molar refractivity (Wildman–Crippen MR) is 142 cm³/mol. The van der Waals surface area contributed by atoms with E-state index >= 15 is 0 Å². The summed E-state index contributed by atoms with van der Waals surface area (Å²) in [6.45, 7) is 0.957. The van der Waals surface area contributed by atoms with E-state index in [0.717, 1.165) is 6.07 Å². The number of phenols is 1. The first-order valence-electron chi connectivity index (χ1n) is 13.1. The van der Waals surface area contributed by atoms with Gasteiger partial charge in [-0.2, -0.15) is 0 Å². The van der Waals surface area contributed by atoms with Crippen LogP contribution < -0.4 is 14.9 Å². The van der Waals surface area contributed by atoms with Gasteiger partial charge in [-0.25, -0.2) is 0 Å². The minimum absolute atomic E-state index is 0.0348. The zero-order chi connectivity index (χ0) is 30.3. The molecule has 0 unspecified atom stereocenters. The topological polar surface area (TPSA) is 218 Å². The predicted octanol–water partition coefficient (Wildman–Crippen LogP) is -0.795. The van der Waals surface area contributed by atoms with E-state index in [1.165, 1.54) is 26.2 Å². The Balaban J connectivity index is 1.37. The number of ether oxygens (including phenoxy) is 5. The summed E-state index contributed by atoms with van der Waals surface area (Å²) in [6.07, 6.45) is -15.1. The average Bonchev–Trinajstić information content (AvgIpc) is 2.97. The molecular formula is C28H32O14. The van der Waals surface area contributed by atoms with Crippen LogP contribution >= 0.6 is 0 Å². The molecule has 5 rings (SSSR count). The highest BCUT2D eigenvalue weighted by Crippen LogP contribution is 2.34. The Hall–Kier alpha value is -3.31. The molecule has 2 fully saturated rings. The molecule has 1 aromatic heterocycles. The number of rotatable bonds is 7. The number of hydrogen-bond acceptors (Lipinski definition) is 14. The normalized spacial score (nSPS) is 33.4. The maximum absolute atomic E-state index is 13.2. The third-order valence-corrected chi connectivity index (χ3v) is 7.30. The second kappa shape index (κ2) is 12.1. The maximum Gasteiger partial charge on any atom is 0.229 e. The monoisotopic (exact) mass is 592 g/mol. The van der Waals surface area contributed by atoms with E-state index in [-0.39, 0.29) is 28.2 Å². The molecule has 0 bridgehead atoms. The molecule has 14 nitrogen and oxygen atoms in total. The van der Waals surface area contributed by atoms with Crippen molar-refractivity contribution in [3.63, 3.8) is 0 Å². The van der Waals surface area contributed by atoms with Crippen LogP contribution in [0.1, 0.15) is 6.92 Å². The number of fused-ring (bicyclic) bond motifs is 1. The molecule has 3 aromatic rings. The summed E-state index contributed by atoms with van der Waals surface area (Å²) in [7, 11) is 1.52. The number of benzene rings is 2. The minimum Gasteiger partial charge on any atom is -0.508 e. The summed E-state index contributed by atoms with van der Waals surface area (Å²) in [4.78, 5) is 13.2. The number of phenolic OH excluding ortho intramolecular Hbond substituents is 1. The maximum atomic E-state index is 13.2. The van der Waals surface area contributed by atoms with Crippen LogP contribution in [-0.2, 0) is 14.2 Å². The van der Waals surface area contributed by atoms with Crippen LogP contribution in [0, 0.1) is 0 Å². The summed E-state index contributed by atoms with van der Waals surface area (Å²) in [6, 6.07) is 10.3. The van der Waals surface area contributed by atoms with Crippen LogP contribution in [0.3, 0.4) is 0 Å². The molecule has 14 heteroatoms. The second-order valence-corrected chi connectivity index (χ2v) is 10.2. The lowest BCUT2D eigenvalue weighted by Crippen LogP contribution is -2.61. The molecule has 7 N–H and O–H groups in total. The largest absolute Gasteiger partial charge is 0.508 e. The van der Waals surface area contributed by atoms with Crippen LogP contribution in [-0.4, -0.2) is 111 Å². The summed E-state index contributed by atoms with van der Waals surface area (Å²) < 4.78 is 33.2. The Morgan fingerprint density at radius 3 is 2.17 bits per heavy atom. The van der Waals surface area contributed by atoms with Gasteiger partial charge in [0.25, 0.3) is 0 Å². The highest BCUT2D eigenvalue weighted by molar-refractivity contribution is 5.86. The first kappa shape index (κ1) is 30.2. The number of methoxy groups -OCH3 is 1. The summed E-state index contributed by atoms with van der Waals surface area (Å²) >= 11 is 0. The Labute approximate surface area is 238 Å². The molecule has 2 aliphatic heterocycles. The van der Waals surface area contributed by atoms with E-state index < -0.39 is 73.4 Å². The minimum atomic E-state index is -1.80. The Morgan fingerprint density at radius 1 is 0.810 bits per heavy atom. The lowest BCUT2D eigenvalue weighted by atomic mass is 9.98. The van der Waals surface area contributed by atoms with Gasteiger partial charge in [0, 0.05) is 23.8 Å². The standard InChI is InChI=1S/C28H32O14/c1-11-21(31)23(33)25(35)27(39-11)38-10-19-22(32)24(34)26(36)28(42-19)41-18-8-13(29)7-17-20(18)15(30)9-16(40-17)12-3-5-14(37-2)6-4-12/h3-9,11,19,21-29,31-36H,10H2,1-2H3/t11-,19+,21-,22-,23+,24-,25+,26+,27+,28+/m0/s1. The van der Waals surface area contributed by atoms with Crippen molar-refractivity contribution in [2.75, 3.05) is 13.7 Å². The molecule has 0 spiro atoms. The third kappa shape index (κ3) is 5.81. The van der Waals surface area contributed by atoms with Crippen molar-refractivity contribution in [1.82, 2.24) is 0 Å². The van der Waals surface area contributed by atoms with Crippen molar-refractivity contribution in [2.24, 2.45) is 0 Å². The van der Waals surface area contributed by atoms with E-state index in [9.17, 15) is 40.5 Å². The van der Waals surface area contributed by atoms with Crippen LogP contribution in [0.2, 0.25) is 0 Å². The van der Waals surface area contributed by atoms with Crippen molar-refractivity contribution in [3.05, 3.63) is 52.7 Å². The SMILES string of the molecule is COc1ccc(-c2cc(=O)c3c(O[C@@H]4O[C@H](CO[C@@H]5O[C@@H](C)[C@H](O)[C@@H](O)[C@H]5O)[C@H](O)[C@H](O)[C@H]4O)cc(O)cc3o2)cc1. The molecule has 0 aliphatic carbocycles. The van der Waals surface area contributed by atoms with Gasteiger partial charge >= 0.3 is 0 Å². The average molecular weight is 593 g/mol. The second-order valence-electron chi connectivity index (χ2n) is 10.2. The molecule has 2 saturated heterocycles. The zero-order valence-corrected chi connectivity index (χ0v) is 22.5. The molecule has 10 atom stereocenters. The highest BCUT2D eigenvalue weighted by atomic mass is 16.7. The fourth-order valence-electron chi connectivity index (χ4n) is 4.85. The molecule has 3 heterocycles. The van der Waals surface area contributed by atoms with Gasteiger partial charge < -0.3 is 63.8 Å². The first-order valence-corrected chi connectivity index (χ1v) is 13.1. The van der Waals surface area contributed by atoms with Crippen molar-refractivity contribution in [2.45, 2.75) is 68.3 Å². The molecule has 228 valence electrons. The number of aromatic hydroxyl groups is 1. The van der Waals surface area contributed by atoms with Gasteiger partial charge in [-0.15, -0.1) is 0 Å². The van der Waals surface area contributed by atoms with E-state index in [4.69, 9.17) is 28.1 Å². The quantitative estimate of drug-likeness (QED) is 0.179. The van der Waals surface area contributed by atoms with E-state index in [2.05, 4.69) is 0 Å². The van der Waals surface area contributed by atoms with E-state index in [0.29, 0.717) is 11.3 Å². The van der Waals surface area contributed by atoms with Crippen molar-refractivity contribution in [1.29, 1.82) is 0 Å². The van der Waals surface area contributed by atoms with Crippen LogP contribution in [0.15, 0.2) is 51.7 Å². The Bertz CT molecular complexity index is 1440. The number of hydrogen-bond donors (Lipinski definition) is 7. The molecule has 0 amide bonds. The molecule has 2 aliphatic rings. The van der Waals surface area contributed by atoms with E-state index in [1.54, 1.807) is 24.3 Å². The van der Waals surface area contributed by atoms with Crippen LogP contribution in [0.5, 0.6) is 17.2 Å². The van der Waals surface area contributed by atoms with Gasteiger partial charge in [0.15, 0.2) is 11.7 Å². The summed E-state index contributed by atoms with van der Waals surface area (Å²) in [5, 5.41) is 71.9. The highest BCUT2D eigenvalue weighted by Gasteiger charge is 2.47. The van der Waals surface area contributed by atoms with Gasteiger partial charge in [0.05, 0.1) is 19.8 Å². The smallest absolute Gasteiger partial charge is 0.229 e. The zero-order valence-electron chi connectivity index (χ0n) is 22.5. The van der Waals surface area contributed by atoms with Crippen molar-refractivity contribution in [3.8, 4) is 28.6 Å². The third-order valence-electron chi connectivity index (χ3n) is 7.30. The fourth-order valence-corrected chi connectivity index (χ4v) is 4.85. The van der Waals surface area contributed by atoms with Gasteiger partial charge in [-0.1, -0.05) is 0 Å². The lowest BCUT2D eigenvalue weighted by molar-refractivity contribution is -0.318. The number of aliphatic hydroxyl groups excluding tert-OH is 6. The van der Waals surface area contributed by atoms with Crippen LogP contribution in [0.4, 0.5) is 0 Å². The molecule has 0 saturated carbocycles. The van der Waals surface area contributed by atoms with Gasteiger partial charge in [-0.3, -0.25) is 4.79 Å². The Morgan fingerprint density at radius 2 is 1.48 bits per heavy atom. The lowest BCUT2D eigenvalue weighted by Gasteiger charge is -2.42. The van der Waals surface area contributed by atoms with Crippen LogP contribution in [0.25, 0.3) is 22.3 Å². The first-order chi connectivity index (χ1) is 20.0. The van der Waals surface area contributed by atoms with E-state index in [1.807, 2.05) is 0 Å². The van der Waals surface area contributed by atoms with Gasteiger partial charge in [-0.05, 0) is 31.2 Å². The molecule has 2 aromatic carbocycles. The van der Waals surface area contributed by atoms with Gasteiger partial charge in [0.1, 0.15) is 76.7 Å². The van der Waals surface area contributed by atoms with Crippen molar-refractivity contribution < 1.29 is 63.8 Å². The Kier molecular flexibility index (Phi) is 8.71. The summed E-state index contributed by atoms with van der Waals surface area (Å²) in [5.41, 5.74) is -0.0106. The van der Waals surface area contributed by atoms with Gasteiger partial charge in [0.2, 0.25) is 6.29 Å². The summed E-state index contributed by atoms with van der Waals surface area (Å²) in [5.74, 6) is 0.238. The molecule has 42 heavy (non-hydrogen) atoms. The number of aliphatic hydroxyl groups is 6. The fraction of sp³-hybridized carbons (Fsp3) is 0.464.